The van der Waals surface area contributed by atoms with Crippen molar-refractivity contribution in [2.24, 2.45) is 5.92 Å². The molecule has 1 heterocycles. The molecule has 0 spiro atoms. The van der Waals surface area contributed by atoms with Crippen LogP contribution in [0.2, 0.25) is 0 Å². The minimum Gasteiger partial charge on any atom is -0.478 e. The number of hydrogen-bond acceptors (Lipinski definition) is 3. The van der Waals surface area contributed by atoms with Gasteiger partial charge in [-0.15, -0.1) is 0 Å². The second-order valence-electron chi connectivity index (χ2n) is 4.79. The monoisotopic (exact) mass is 262 g/mol. The molecule has 2 rings (SSSR count). The number of nitrogens with zero attached hydrogens (tertiary/aromatic N) is 2. The smallest absolute Gasteiger partial charge is 0.268 e. The van der Waals surface area contributed by atoms with Gasteiger partial charge in [0.1, 0.15) is 11.6 Å². The molecule has 0 saturated carbocycles. The summed E-state index contributed by atoms with van der Waals surface area (Å²) in [6.07, 6.45) is -0.386. The van der Waals surface area contributed by atoms with E-state index in [0.717, 1.165) is 0 Å². The molecular weight excluding hydrogens is 247 g/mol. The maximum absolute atomic E-state index is 13.3. The minimum absolute atomic E-state index is 0.00953. The summed E-state index contributed by atoms with van der Waals surface area (Å²) in [7, 11) is 0. The number of hydrogen-bond donors (Lipinski definition) is 0. The van der Waals surface area contributed by atoms with Crippen molar-refractivity contribution in [3.8, 4) is 11.8 Å². The molecule has 100 valence electrons. The second kappa shape index (κ2) is 5.27. The van der Waals surface area contributed by atoms with Gasteiger partial charge in [-0.25, -0.2) is 4.39 Å². The lowest BCUT2D eigenvalue weighted by Crippen LogP contribution is -2.48. The van der Waals surface area contributed by atoms with Gasteiger partial charge in [-0.1, -0.05) is 13.8 Å². The first-order valence-corrected chi connectivity index (χ1v) is 6.19. The molecule has 0 bridgehead atoms. The number of carbonyl (C=O) groups is 1. The zero-order chi connectivity index (χ0) is 14.0. The van der Waals surface area contributed by atoms with Crippen LogP contribution in [0.25, 0.3) is 0 Å². The first kappa shape index (κ1) is 13.3. The third-order valence-corrected chi connectivity index (χ3v) is 3.03. The van der Waals surface area contributed by atoms with Gasteiger partial charge >= 0.3 is 0 Å². The van der Waals surface area contributed by atoms with E-state index in [0.29, 0.717) is 11.4 Å². The Morgan fingerprint density at radius 2 is 2.26 bits per heavy atom. The average molecular weight is 262 g/mol. The molecule has 1 aromatic rings. The highest BCUT2D eigenvalue weighted by atomic mass is 19.1. The summed E-state index contributed by atoms with van der Waals surface area (Å²) in [5.41, 5.74) is 0.400. The van der Waals surface area contributed by atoms with Gasteiger partial charge in [-0.2, -0.15) is 5.26 Å². The van der Waals surface area contributed by atoms with Gasteiger partial charge in [0.25, 0.3) is 5.91 Å². The van der Waals surface area contributed by atoms with Crippen molar-refractivity contribution in [2.45, 2.75) is 26.4 Å². The number of halogens is 1. The fraction of sp³-hybridized carbons (Fsp3) is 0.429. The van der Waals surface area contributed by atoms with E-state index >= 15 is 0 Å². The summed E-state index contributed by atoms with van der Waals surface area (Å²) in [4.78, 5) is 13.8. The highest BCUT2D eigenvalue weighted by Gasteiger charge is 2.36. The van der Waals surface area contributed by atoms with Crippen LogP contribution in [0, 0.1) is 23.1 Å². The van der Waals surface area contributed by atoms with E-state index < -0.39 is 11.9 Å². The van der Waals surface area contributed by atoms with Gasteiger partial charge < -0.3 is 9.64 Å². The zero-order valence-electron chi connectivity index (χ0n) is 10.9. The molecule has 1 unspecified atom stereocenters. The Kier molecular flexibility index (Phi) is 3.70. The maximum atomic E-state index is 13.3. The molecule has 1 aromatic carbocycles. The van der Waals surface area contributed by atoms with Crippen molar-refractivity contribution in [1.29, 1.82) is 5.26 Å². The molecule has 4 nitrogen and oxygen atoms in total. The van der Waals surface area contributed by atoms with E-state index in [9.17, 15) is 9.18 Å². The third-order valence-electron chi connectivity index (χ3n) is 3.03. The molecule has 1 atom stereocenters. The molecule has 0 radical (unpaired) electrons. The van der Waals surface area contributed by atoms with Crippen molar-refractivity contribution in [1.82, 2.24) is 0 Å². The molecule has 1 aliphatic heterocycles. The van der Waals surface area contributed by atoms with E-state index in [1.807, 2.05) is 19.9 Å². The van der Waals surface area contributed by atoms with E-state index in [2.05, 4.69) is 0 Å². The SMILES string of the molecule is CC(C)C1Oc2ccc(F)cc2N(CCC#N)C1=O. The first-order chi connectivity index (χ1) is 9.04. The number of benzene rings is 1. The van der Waals surface area contributed by atoms with Gasteiger partial charge in [0.2, 0.25) is 0 Å². The van der Waals surface area contributed by atoms with Gasteiger partial charge in [0.05, 0.1) is 18.2 Å². The molecular formula is C14H15FN2O2. The Balaban J connectivity index is 2.41. The van der Waals surface area contributed by atoms with E-state index in [-0.39, 0.29) is 24.8 Å². The van der Waals surface area contributed by atoms with Crippen LogP contribution >= 0.6 is 0 Å². The zero-order valence-corrected chi connectivity index (χ0v) is 10.9. The highest BCUT2D eigenvalue weighted by Crippen LogP contribution is 2.36. The standard InChI is InChI=1S/C14H15FN2O2/c1-9(2)13-14(18)17(7-3-6-16)11-8-10(15)4-5-12(11)19-13/h4-5,8-9,13H,3,7H2,1-2H3. The predicted molar refractivity (Wildman–Crippen MR) is 68.2 cm³/mol. The number of nitriles is 1. The molecule has 0 aliphatic carbocycles. The third kappa shape index (κ3) is 2.53. The lowest BCUT2D eigenvalue weighted by Gasteiger charge is -2.35. The topological polar surface area (TPSA) is 53.3 Å². The minimum atomic E-state index is -0.586. The molecule has 5 heteroatoms. The van der Waals surface area contributed by atoms with Crippen molar-refractivity contribution in [3.05, 3.63) is 24.0 Å². The van der Waals surface area contributed by atoms with Crippen LogP contribution < -0.4 is 9.64 Å². The summed E-state index contributed by atoms with van der Waals surface area (Å²) < 4.78 is 18.9. The predicted octanol–water partition coefficient (Wildman–Crippen LogP) is 2.49. The number of carbonyl (C=O) groups excluding carboxylic acids is 1. The Labute approximate surface area is 111 Å². The quantitative estimate of drug-likeness (QED) is 0.841. The van der Waals surface area contributed by atoms with Gasteiger partial charge in [0.15, 0.2) is 6.10 Å². The second-order valence-corrected chi connectivity index (χ2v) is 4.79. The lowest BCUT2D eigenvalue weighted by molar-refractivity contribution is -0.128. The number of anilines is 1. The number of ether oxygens (including phenoxy) is 1. The summed E-state index contributed by atoms with van der Waals surface area (Å²) in [5, 5.41) is 8.67. The summed E-state index contributed by atoms with van der Waals surface area (Å²) >= 11 is 0. The van der Waals surface area contributed by atoms with Gasteiger partial charge in [-0.3, -0.25) is 4.79 Å². The van der Waals surface area contributed by atoms with Crippen LogP contribution in [0.1, 0.15) is 20.3 Å². The number of amides is 1. The Hall–Kier alpha value is -2.09. The van der Waals surface area contributed by atoms with Crippen LogP contribution in [-0.4, -0.2) is 18.6 Å². The summed E-state index contributed by atoms with van der Waals surface area (Å²) in [6.45, 7) is 4.03. The number of fused-ring (bicyclic) bond motifs is 1. The van der Waals surface area contributed by atoms with E-state index in [1.165, 1.54) is 23.1 Å². The molecule has 19 heavy (non-hydrogen) atoms. The van der Waals surface area contributed by atoms with Crippen LogP contribution in [0.5, 0.6) is 5.75 Å². The van der Waals surface area contributed by atoms with Crippen molar-refractivity contribution >= 4 is 11.6 Å². The fourth-order valence-electron chi connectivity index (χ4n) is 2.07. The number of rotatable bonds is 3. The largest absolute Gasteiger partial charge is 0.478 e. The van der Waals surface area contributed by atoms with E-state index in [4.69, 9.17) is 10.00 Å². The van der Waals surface area contributed by atoms with Crippen LogP contribution in [0.3, 0.4) is 0 Å². The van der Waals surface area contributed by atoms with Crippen molar-refractivity contribution in [3.63, 3.8) is 0 Å². The Morgan fingerprint density at radius 3 is 2.89 bits per heavy atom. The summed E-state index contributed by atoms with van der Waals surface area (Å²) in [5.74, 6) is -0.156. The fourth-order valence-corrected chi connectivity index (χ4v) is 2.07. The normalized spacial score (nSPS) is 17.9. The van der Waals surface area contributed by atoms with Crippen LogP contribution in [0.15, 0.2) is 18.2 Å². The van der Waals surface area contributed by atoms with Crippen LogP contribution in [0.4, 0.5) is 10.1 Å². The summed E-state index contributed by atoms with van der Waals surface area (Å²) in [6, 6.07) is 6.08. The molecule has 0 aromatic heterocycles. The Bertz CT molecular complexity index is 537. The van der Waals surface area contributed by atoms with Gasteiger partial charge in [0, 0.05) is 12.6 Å². The average Bonchev–Trinajstić information content (AvgIpc) is 2.37. The van der Waals surface area contributed by atoms with Crippen molar-refractivity contribution < 1.29 is 13.9 Å². The molecule has 0 saturated heterocycles. The van der Waals surface area contributed by atoms with Crippen LogP contribution in [-0.2, 0) is 4.79 Å². The maximum Gasteiger partial charge on any atom is 0.268 e. The van der Waals surface area contributed by atoms with Crippen molar-refractivity contribution in [2.75, 3.05) is 11.4 Å². The highest BCUT2D eigenvalue weighted by molar-refractivity contribution is 6.00. The Morgan fingerprint density at radius 1 is 1.53 bits per heavy atom. The van der Waals surface area contributed by atoms with E-state index in [1.54, 1.807) is 0 Å². The molecule has 0 fully saturated rings. The van der Waals surface area contributed by atoms with Gasteiger partial charge in [-0.05, 0) is 18.1 Å². The molecule has 1 aliphatic rings. The molecule has 1 amide bonds. The lowest BCUT2D eigenvalue weighted by atomic mass is 10.0. The molecule has 0 N–H and O–H groups in total. The first-order valence-electron chi connectivity index (χ1n) is 6.19.